The summed E-state index contributed by atoms with van der Waals surface area (Å²) in [4.78, 5) is 17.6. The van der Waals surface area contributed by atoms with Gasteiger partial charge >= 0.3 is 6.18 Å². The Bertz CT molecular complexity index is 751. The highest BCUT2D eigenvalue weighted by atomic mass is 35.5. The van der Waals surface area contributed by atoms with Crippen LogP contribution in [0.3, 0.4) is 0 Å². The van der Waals surface area contributed by atoms with Crippen molar-refractivity contribution >= 4 is 34.9 Å². The minimum atomic E-state index is -4.37. The minimum Gasteiger partial charge on any atom is -0.308 e. The number of hydrogen-bond donors (Lipinski definition) is 1. The molecular formula is C16H14Cl2F3N3O. The molecule has 1 heterocycles. The molecule has 0 bridgehead atoms. The molecule has 2 rings (SSSR count). The molecule has 0 aliphatic carbocycles. The summed E-state index contributed by atoms with van der Waals surface area (Å²) in [6.45, 7) is 0.328. The van der Waals surface area contributed by atoms with Gasteiger partial charge in [0.25, 0.3) is 0 Å². The number of aromatic nitrogens is 1. The Morgan fingerprint density at radius 1 is 1.24 bits per heavy atom. The lowest BCUT2D eigenvalue weighted by atomic mass is 10.1. The van der Waals surface area contributed by atoms with E-state index in [2.05, 4.69) is 10.3 Å². The maximum Gasteiger partial charge on any atom is 0.416 e. The number of nitrogens with one attached hydrogen (secondary N) is 1. The van der Waals surface area contributed by atoms with Crippen molar-refractivity contribution in [2.45, 2.75) is 12.7 Å². The zero-order valence-corrected chi connectivity index (χ0v) is 14.6. The van der Waals surface area contributed by atoms with Crippen LogP contribution >= 0.6 is 23.2 Å². The van der Waals surface area contributed by atoms with Crippen molar-refractivity contribution in [3.05, 3.63) is 57.7 Å². The van der Waals surface area contributed by atoms with Gasteiger partial charge in [0.1, 0.15) is 0 Å². The van der Waals surface area contributed by atoms with E-state index < -0.39 is 11.7 Å². The van der Waals surface area contributed by atoms with Gasteiger partial charge in [-0.25, -0.2) is 4.98 Å². The molecule has 0 radical (unpaired) electrons. The minimum absolute atomic E-state index is 0.0155. The predicted molar refractivity (Wildman–Crippen MR) is 90.7 cm³/mol. The van der Waals surface area contributed by atoms with Crippen molar-refractivity contribution in [1.29, 1.82) is 0 Å². The Balaban J connectivity index is 1.91. The molecule has 0 saturated carbocycles. The van der Waals surface area contributed by atoms with Gasteiger partial charge < -0.3 is 5.32 Å². The van der Waals surface area contributed by atoms with Crippen molar-refractivity contribution in [1.82, 2.24) is 9.88 Å². The molecule has 1 amide bonds. The lowest BCUT2D eigenvalue weighted by molar-refractivity contribution is -0.137. The van der Waals surface area contributed by atoms with Crippen molar-refractivity contribution in [3.8, 4) is 0 Å². The second-order valence-corrected chi connectivity index (χ2v) is 6.24. The van der Waals surface area contributed by atoms with Crippen molar-refractivity contribution in [3.63, 3.8) is 0 Å². The summed E-state index contributed by atoms with van der Waals surface area (Å²) < 4.78 is 37.6. The van der Waals surface area contributed by atoms with Crippen LogP contribution in [-0.2, 0) is 17.5 Å². The molecule has 134 valence electrons. The van der Waals surface area contributed by atoms with Crippen molar-refractivity contribution < 1.29 is 18.0 Å². The van der Waals surface area contributed by atoms with Crippen LogP contribution < -0.4 is 5.32 Å². The Labute approximate surface area is 152 Å². The fraction of sp³-hybridized carbons (Fsp3) is 0.250. The number of anilines is 1. The number of nitrogens with zero attached hydrogens (tertiary/aromatic N) is 2. The first kappa shape index (κ1) is 19.5. The van der Waals surface area contributed by atoms with Gasteiger partial charge in [0.2, 0.25) is 5.91 Å². The van der Waals surface area contributed by atoms with Crippen LogP contribution in [-0.4, -0.2) is 29.4 Å². The lowest BCUT2D eigenvalue weighted by Gasteiger charge is -2.17. The molecule has 1 aromatic carbocycles. The number of benzene rings is 1. The van der Waals surface area contributed by atoms with Crippen LogP contribution in [0.15, 0.2) is 36.5 Å². The maximum atomic E-state index is 12.5. The van der Waals surface area contributed by atoms with Crippen LogP contribution in [0.25, 0.3) is 0 Å². The smallest absolute Gasteiger partial charge is 0.308 e. The molecule has 2 aromatic rings. The van der Waals surface area contributed by atoms with E-state index in [4.69, 9.17) is 23.2 Å². The molecule has 0 fully saturated rings. The van der Waals surface area contributed by atoms with Gasteiger partial charge in [0.05, 0.1) is 22.2 Å². The van der Waals surface area contributed by atoms with Crippen LogP contribution in [0.5, 0.6) is 0 Å². The second-order valence-electron chi connectivity index (χ2n) is 5.40. The summed E-state index contributed by atoms with van der Waals surface area (Å²) in [7, 11) is 1.67. The highest BCUT2D eigenvalue weighted by Gasteiger charge is 2.29. The number of carbonyl (C=O) groups excluding carboxylic acids is 1. The Morgan fingerprint density at radius 3 is 2.44 bits per heavy atom. The molecule has 0 saturated heterocycles. The number of pyridine rings is 1. The largest absolute Gasteiger partial charge is 0.416 e. The van der Waals surface area contributed by atoms with E-state index in [9.17, 15) is 18.0 Å². The molecule has 0 aliphatic heterocycles. The van der Waals surface area contributed by atoms with Gasteiger partial charge in [-0.3, -0.25) is 9.69 Å². The molecule has 25 heavy (non-hydrogen) atoms. The second kappa shape index (κ2) is 8.03. The first-order chi connectivity index (χ1) is 11.6. The molecule has 0 unspecified atom stereocenters. The van der Waals surface area contributed by atoms with Crippen LogP contribution in [0.4, 0.5) is 19.0 Å². The molecule has 1 N–H and O–H groups in total. The zero-order valence-electron chi connectivity index (χ0n) is 13.1. The van der Waals surface area contributed by atoms with E-state index in [1.54, 1.807) is 11.9 Å². The number of alkyl halides is 3. The number of carbonyl (C=O) groups is 1. The van der Waals surface area contributed by atoms with E-state index in [0.717, 1.165) is 12.1 Å². The van der Waals surface area contributed by atoms with E-state index in [-0.39, 0.29) is 23.3 Å². The standard InChI is InChI=1S/C16H14Cl2F3N3O/c1-24(8-10-2-4-11(5-3-10)16(19,20)21)9-14(25)23-15-13(18)6-12(17)7-22-15/h2-7H,8-9H2,1H3,(H,22,23,25). The van der Waals surface area contributed by atoms with Crippen LogP contribution in [0, 0.1) is 0 Å². The van der Waals surface area contributed by atoms with Gasteiger partial charge in [-0.05, 0) is 30.8 Å². The first-order valence-corrected chi connectivity index (χ1v) is 7.86. The van der Waals surface area contributed by atoms with Crippen molar-refractivity contribution in [2.75, 3.05) is 18.9 Å². The molecule has 1 aromatic heterocycles. The van der Waals surface area contributed by atoms with Gasteiger partial charge in [-0.2, -0.15) is 13.2 Å². The highest BCUT2D eigenvalue weighted by Crippen LogP contribution is 2.29. The summed E-state index contributed by atoms with van der Waals surface area (Å²) in [5.74, 6) is -0.162. The number of likely N-dealkylation sites (N-methyl/N-ethyl adjacent to an activating group) is 1. The van der Waals surface area contributed by atoms with Gasteiger partial charge in [-0.1, -0.05) is 35.3 Å². The quantitative estimate of drug-likeness (QED) is 0.817. The highest BCUT2D eigenvalue weighted by molar-refractivity contribution is 6.36. The first-order valence-electron chi connectivity index (χ1n) is 7.11. The summed E-state index contributed by atoms with van der Waals surface area (Å²) >= 11 is 11.7. The summed E-state index contributed by atoms with van der Waals surface area (Å²) in [5, 5.41) is 3.12. The molecular weight excluding hydrogens is 378 g/mol. The summed E-state index contributed by atoms with van der Waals surface area (Å²) in [6, 6.07) is 6.25. The number of rotatable bonds is 5. The maximum absolute atomic E-state index is 12.5. The Morgan fingerprint density at radius 2 is 1.88 bits per heavy atom. The summed E-state index contributed by atoms with van der Waals surface area (Å²) in [6.07, 6.45) is -3.01. The van der Waals surface area contributed by atoms with Gasteiger partial charge in [0, 0.05) is 12.7 Å². The number of halogens is 5. The van der Waals surface area contributed by atoms with E-state index in [1.807, 2.05) is 0 Å². The average molecular weight is 392 g/mol. The zero-order chi connectivity index (χ0) is 18.6. The van der Waals surface area contributed by atoms with Gasteiger partial charge in [0.15, 0.2) is 5.82 Å². The third-order valence-corrected chi connectivity index (χ3v) is 3.71. The molecule has 4 nitrogen and oxygen atoms in total. The third kappa shape index (κ3) is 5.88. The SMILES string of the molecule is CN(CC(=O)Nc1ncc(Cl)cc1Cl)Cc1ccc(C(F)(F)F)cc1. The van der Waals surface area contributed by atoms with Gasteiger partial charge in [-0.15, -0.1) is 0 Å². The topological polar surface area (TPSA) is 45.2 Å². The van der Waals surface area contributed by atoms with E-state index in [0.29, 0.717) is 17.1 Å². The predicted octanol–water partition coefficient (Wildman–Crippen LogP) is 4.48. The fourth-order valence-corrected chi connectivity index (χ4v) is 2.52. The number of hydrogen-bond acceptors (Lipinski definition) is 3. The lowest BCUT2D eigenvalue weighted by Crippen LogP contribution is -2.30. The number of amides is 1. The van der Waals surface area contributed by atoms with Crippen molar-refractivity contribution in [2.24, 2.45) is 0 Å². The summed E-state index contributed by atoms with van der Waals surface area (Å²) in [5.41, 5.74) is -0.0500. The van der Waals surface area contributed by atoms with E-state index in [1.165, 1.54) is 24.4 Å². The fourth-order valence-electron chi connectivity index (χ4n) is 2.09. The van der Waals surface area contributed by atoms with E-state index >= 15 is 0 Å². The Kier molecular flexibility index (Phi) is 6.26. The monoisotopic (exact) mass is 391 g/mol. The van der Waals surface area contributed by atoms with Crippen LogP contribution in [0.1, 0.15) is 11.1 Å². The van der Waals surface area contributed by atoms with Crippen LogP contribution in [0.2, 0.25) is 10.0 Å². The molecule has 0 atom stereocenters. The molecule has 0 aliphatic rings. The third-order valence-electron chi connectivity index (χ3n) is 3.21. The molecule has 0 spiro atoms. The average Bonchev–Trinajstić information content (AvgIpc) is 2.49. The normalized spacial score (nSPS) is 11.6. The molecule has 9 heteroatoms. The Hall–Kier alpha value is -1.83.